The van der Waals surface area contributed by atoms with Crippen molar-refractivity contribution in [2.45, 2.75) is 64.1 Å². The number of fused-ring (bicyclic) bond motifs is 2. The zero-order chi connectivity index (χ0) is 18.6. The van der Waals surface area contributed by atoms with Crippen LogP contribution in [-0.4, -0.2) is 25.7 Å². The summed E-state index contributed by atoms with van der Waals surface area (Å²) >= 11 is 12.7. The molecule has 0 N–H and O–H groups in total. The quantitative estimate of drug-likeness (QED) is 0.527. The molecule has 2 aliphatic rings. The number of unbranched alkanes of at least 4 members (excludes halogenated alkanes) is 6. The maximum absolute atomic E-state index is 13.2. The number of ether oxygens (including phenoxy) is 2. The van der Waals surface area contributed by atoms with E-state index in [1.54, 1.807) is 17.0 Å². The van der Waals surface area contributed by atoms with Crippen LogP contribution in [-0.2, 0) is 20.1 Å². The molecule has 0 unspecified atom stereocenters. The molecule has 6 heteroatoms. The Labute approximate surface area is 165 Å². The number of benzene rings is 1. The summed E-state index contributed by atoms with van der Waals surface area (Å²) in [5, 5.41) is 0.839. The standard InChI is InChI=1S/C20H27Cl2NO3/c1-2-3-4-5-6-7-8-12-23-18-15(10-11-16(21)17(18)22)20(19(23)24)25-13-9-14-26-20/h10-11H,2-9,12-14H2,1H3. The van der Waals surface area contributed by atoms with E-state index >= 15 is 0 Å². The van der Waals surface area contributed by atoms with E-state index < -0.39 is 5.79 Å². The van der Waals surface area contributed by atoms with Crippen molar-refractivity contribution in [2.75, 3.05) is 24.7 Å². The Morgan fingerprint density at radius 2 is 1.69 bits per heavy atom. The number of nitrogens with zero attached hydrogens (tertiary/aromatic N) is 1. The van der Waals surface area contributed by atoms with E-state index in [4.69, 9.17) is 32.7 Å². The van der Waals surface area contributed by atoms with Crippen molar-refractivity contribution in [3.63, 3.8) is 0 Å². The van der Waals surface area contributed by atoms with Gasteiger partial charge in [-0.1, -0.05) is 68.7 Å². The van der Waals surface area contributed by atoms with Gasteiger partial charge in [-0.15, -0.1) is 0 Å². The summed E-state index contributed by atoms with van der Waals surface area (Å²) in [6.45, 7) is 3.82. The molecule has 0 radical (unpaired) electrons. The molecule has 144 valence electrons. The molecule has 4 nitrogen and oxygen atoms in total. The molecule has 0 aliphatic carbocycles. The van der Waals surface area contributed by atoms with Gasteiger partial charge in [-0.05, 0) is 25.0 Å². The highest BCUT2D eigenvalue weighted by atomic mass is 35.5. The van der Waals surface area contributed by atoms with Gasteiger partial charge in [0.25, 0.3) is 11.7 Å². The number of hydrogen-bond acceptors (Lipinski definition) is 3. The van der Waals surface area contributed by atoms with Crippen molar-refractivity contribution in [3.8, 4) is 0 Å². The fourth-order valence-electron chi connectivity index (χ4n) is 3.72. The van der Waals surface area contributed by atoms with Crippen LogP contribution in [0.1, 0.15) is 63.9 Å². The predicted molar refractivity (Wildman–Crippen MR) is 105 cm³/mol. The van der Waals surface area contributed by atoms with Crippen LogP contribution in [0.25, 0.3) is 0 Å². The maximum atomic E-state index is 13.2. The molecule has 0 atom stereocenters. The first kappa shape index (κ1) is 19.9. The van der Waals surface area contributed by atoms with Gasteiger partial charge in [0.2, 0.25) is 0 Å². The van der Waals surface area contributed by atoms with E-state index in [1.807, 2.05) is 0 Å². The number of anilines is 1. The molecule has 0 aromatic heterocycles. The summed E-state index contributed by atoms with van der Waals surface area (Å²) in [5.74, 6) is -1.52. The maximum Gasteiger partial charge on any atom is 0.292 e. The van der Waals surface area contributed by atoms with Crippen molar-refractivity contribution >= 4 is 34.8 Å². The monoisotopic (exact) mass is 399 g/mol. The fourth-order valence-corrected chi connectivity index (χ4v) is 4.13. The molecule has 26 heavy (non-hydrogen) atoms. The molecule has 0 bridgehead atoms. The average Bonchev–Trinajstić information content (AvgIpc) is 2.87. The van der Waals surface area contributed by atoms with Crippen LogP contribution in [0.3, 0.4) is 0 Å². The molecule has 1 spiro atoms. The lowest BCUT2D eigenvalue weighted by Gasteiger charge is -2.32. The first-order valence-corrected chi connectivity index (χ1v) is 10.5. The van der Waals surface area contributed by atoms with Gasteiger partial charge in [-0.25, -0.2) is 0 Å². The predicted octanol–water partition coefficient (Wildman–Crippen LogP) is 5.68. The highest BCUT2D eigenvalue weighted by molar-refractivity contribution is 6.44. The lowest BCUT2D eigenvalue weighted by molar-refractivity contribution is -0.256. The van der Waals surface area contributed by atoms with E-state index in [0.29, 0.717) is 41.1 Å². The first-order chi connectivity index (χ1) is 12.6. The number of carbonyl (C=O) groups excluding carboxylic acids is 1. The minimum absolute atomic E-state index is 0.178. The molecule has 0 saturated carbocycles. The van der Waals surface area contributed by atoms with Crippen molar-refractivity contribution in [2.24, 2.45) is 0 Å². The van der Waals surface area contributed by atoms with Crippen molar-refractivity contribution in [1.82, 2.24) is 0 Å². The molecule has 1 saturated heterocycles. The molecule has 1 aromatic rings. The molecular weight excluding hydrogens is 373 g/mol. The second-order valence-corrected chi connectivity index (χ2v) is 7.79. The van der Waals surface area contributed by atoms with Gasteiger partial charge in [-0.3, -0.25) is 4.79 Å². The number of carbonyl (C=O) groups is 1. The van der Waals surface area contributed by atoms with Crippen molar-refractivity contribution in [1.29, 1.82) is 0 Å². The smallest absolute Gasteiger partial charge is 0.292 e. The van der Waals surface area contributed by atoms with Crippen LogP contribution in [0.15, 0.2) is 12.1 Å². The first-order valence-electron chi connectivity index (χ1n) is 9.70. The highest BCUT2D eigenvalue weighted by Crippen LogP contribution is 2.50. The normalized spacial score (nSPS) is 18.6. The largest absolute Gasteiger partial charge is 0.338 e. The van der Waals surface area contributed by atoms with Gasteiger partial charge < -0.3 is 14.4 Å². The van der Waals surface area contributed by atoms with E-state index in [9.17, 15) is 4.79 Å². The molecule has 2 aliphatic heterocycles. The molecule has 1 fully saturated rings. The third-order valence-electron chi connectivity index (χ3n) is 5.10. The highest BCUT2D eigenvalue weighted by Gasteiger charge is 2.55. The van der Waals surface area contributed by atoms with Crippen molar-refractivity contribution in [3.05, 3.63) is 27.7 Å². The zero-order valence-corrected chi connectivity index (χ0v) is 16.9. The Bertz CT molecular complexity index is 644. The Morgan fingerprint density at radius 1 is 1.04 bits per heavy atom. The SMILES string of the molecule is CCCCCCCCCN1C(=O)C2(OCCCO2)c2ccc(Cl)c(Cl)c21. The van der Waals surface area contributed by atoms with E-state index in [1.165, 1.54) is 32.1 Å². The van der Waals surface area contributed by atoms with Gasteiger partial charge in [0, 0.05) is 12.1 Å². The lowest BCUT2D eigenvalue weighted by Crippen LogP contribution is -2.47. The minimum atomic E-state index is -1.34. The van der Waals surface area contributed by atoms with Crippen LogP contribution in [0, 0.1) is 0 Å². The van der Waals surface area contributed by atoms with Gasteiger partial charge in [-0.2, -0.15) is 0 Å². The molecule has 1 aromatic carbocycles. The van der Waals surface area contributed by atoms with E-state index in [2.05, 4.69) is 6.92 Å². The number of halogens is 2. The van der Waals surface area contributed by atoms with Gasteiger partial charge >= 0.3 is 0 Å². The average molecular weight is 400 g/mol. The minimum Gasteiger partial charge on any atom is -0.338 e. The summed E-state index contributed by atoms with van der Waals surface area (Å²) in [7, 11) is 0. The van der Waals surface area contributed by atoms with Gasteiger partial charge in [0.15, 0.2) is 0 Å². The number of hydrogen-bond donors (Lipinski definition) is 0. The summed E-state index contributed by atoms with van der Waals surface area (Å²) in [5.41, 5.74) is 1.33. The Balaban J connectivity index is 1.72. The van der Waals surface area contributed by atoms with Gasteiger partial charge in [0.05, 0.1) is 28.9 Å². The topological polar surface area (TPSA) is 38.8 Å². The third-order valence-corrected chi connectivity index (χ3v) is 5.90. The van der Waals surface area contributed by atoms with Crippen LogP contribution >= 0.6 is 23.2 Å². The Hall–Kier alpha value is -0.810. The molecule has 2 heterocycles. The lowest BCUT2D eigenvalue weighted by atomic mass is 10.1. The Kier molecular flexibility index (Phi) is 6.84. The Morgan fingerprint density at radius 3 is 2.38 bits per heavy atom. The molecule has 1 amide bonds. The summed E-state index contributed by atoms with van der Waals surface area (Å²) in [4.78, 5) is 14.9. The van der Waals surface area contributed by atoms with Crippen LogP contribution in [0.5, 0.6) is 0 Å². The van der Waals surface area contributed by atoms with Crippen molar-refractivity contribution < 1.29 is 14.3 Å². The van der Waals surface area contributed by atoms with Crippen LogP contribution in [0.4, 0.5) is 5.69 Å². The summed E-state index contributed by atoms with van der Waals surface area (Å²) < 4.78 is 11.7. The number of amides is 1. The van der Waals surface area contributed by atoms with Gasteiger partial charge in [0.1, 0.15) is 0 Å². The molecular formula is C20H27Cl2NO3. The summed E-state index contributed by atoms with van der Waals surface area (Å²) in [6, 6.07) is 3.51. The second-order valence-electron chi connectivity index (χ2n) is 7.00. The second kappa shape index (κ2) is 8.92. The summed E-state index contributed by atoms with van der Waals surface area (Å²) in [6.07, 6.45) is 9.07. The van der Waals surface area contributed by atoms with E-state index in [-0.39, 0.29) is 5.91 Å². The van der Waals surface area contributed by atoms with Crippen LogP contribution in [0.2, 0.25) is 10.0 Å². The third kappa shape index (κ3) is 3.75. The fraction of sp³-hybridized carbons (Fsp3) is 0.650. The van der Waals surface area contributed by atoms with E-state index in [0.717, 1.165) is 19.3 Å². The molecule has 3 rings (SSSR count). The number of rotatable bonds is 8. The van der Waals surface area contributed by atoms with Crippen LogP contribution < -0.4 is 4.90 Å². The zero-order valence-electron chi connectivity index (χ0n) is 15.4.